The van der Waals surface area contributed by atoms with Crippen molar-refractivity contribution in [1.29, 1.82) is 5.26 Å². The zero-order valence-electron chi connectivity index (χ0n) is 13.9. The fourth-order valence-corrected chi connectivity index (χ4v) is 3.14. The summed E-state index contributed by atoms with van der Waals surface area (Å²) >= 11 is 0. The molecule has 0 spiro atoms. The minimum absolute atomic E-state index is 0.0385. The van der Waals surface area contributed by atoms with Crippen molar-refractivity contribution in [3.63, 3.8) is 0 Å². The molecule has 0 radical (unpaired) electrons. The lowest BCUT2D eigenvalue weighted by atomic mass is 10.0. The molecule has 1 aromatic carbocycles. The molecule has 0 fully saturated rings. The number of ether oxygens (including phenoxy) is 1. The van der Waals surface area contributed by atoms with Gasteiger partial charge in [-0.1, -0.05) is 12.1 Å². The van der Waals surface area contributed by atoms with E-state index in [1.54, 1.807) is 6.08 Å². The van der Waals surface area contributed by atoms with E-state index in [0.717, 1.165) is 24.1 Å². The maximum absolute atomic E-state index is 9.06. The van der Waals surface area contributed by atoms with E-state index in [1.807, 2.05) is 25.1 Å². The first-order valence-electron chi connectivity index (χ1n) is 8.02. The SMILES string of the molecule is [C-]#[N+]C(C#N)=C1C=C(C=Cc2ccc3c(c2)CCN3C)OC(C)C1. The molecule has 0 N–H and O–H groups in total. The minimum atomic E-state index is -0.0385. The molecule has 3 rings (SSSR count). The number of fused-ring (bicyclic) bond motifs is 1. The summed E-state index contributed by atoms with van der Waals surface area (Å²) in [5.41, 5.74) is 4.70. The summed E-state index contributed by atoms with van der Waals surface area (Å²) in [5.74, 6) is 0.692. The summed E-state index contributed by atoms with van der Waals surface area (Å²) in [6.45, 7) is 10.1. The van der Waals surface area contributed by atoms with E-state index in [9.17, 15) is 0 Å². The topological polar surface area (TPSA) is 40.6 Å². The highest BCUT2D eigenvalue weighted by atomic mass is 16.5. The highest BCUT2D eigenvalue weighted by Crippen LogP contribution is 2.29. The maximum atomic E-state index is 9.06. The van der Waals surface area contributed by atoms with Crippen LogP contribution in [-0.2, 0) is 11.2 Å². The quantitative estimate of drug-likeness (QED) is 0.609. The van der Waals surface area contributed by atoms with Gasteiger partial charge in [0.2, 0.25) is 0 Å². The average molecular weight is 317 g/mol. The number of anilines is 1. The van der Waals surface area contributed by atoms with Crippen molar-refractivity contribution >= 4 is 11.8 Å². The number of nitrogens with zero attached hydrogens (tertiary/aromatic N) is 3. The summed E-state index contributed by atoms with van der Waals surface area (Å²) < 4.78 is 5.81. The molecule has 2 aliphatic rings. The van der Waals surface area contributed by atoms with Gasteiger partial charge in [0.1, 0.15) is 5.76 Å². The normalized spacial score (nSPS) is 21.6. The molecule has 0 aromatic heterocycles. The molecule has 0 saturated carbocycles. The lowest BCUT2D eigenvalue weighted by molar-refractivity contribution is 0.133. The monoisotopic (exact) mass is 317 g/mol. The molecule has 1 unspecified atom stereocenters. The number of allylic oxidation sites excluding steroid dienone is 3. The number of nitriles is 1. The van der Waals surface area contributed by atoms with Crippen LogP contribution in [0.4, 0.5) is 5.69 Å². The molecule has 24 heavy (non-hydrogen) atoms. The van der Waals surface area contributed by atoms with Gasteiger partial charge in [-0.25, -0.2) is 10.1 Å². The van der Waals surface area contributed by atoms with Gasteiger partial charge in [-0.2, -0.15) is 0 Å². The largest absolute Gasteiger partial charge is 0.490 e. The Morgan fingerprint density at radius 3 is 3.04 bits per heavy atom. The van der Waals surface area contributed by atoms with Crippen LogP contribution in [0.25, 0.3) is 10.9 Å². The molecule has 0 bridgehead atoms. The van der Waals surface area contributed by atoms with E-state index >= 15 is 0 Å². The summed E-state index contributed by atoms with van der Waals surface area (Å²) in [6, 6.07) is 8.42. The van der Waals surface area contributed by atoms with Crippen LogP contribution in [0.15, 0.2) is 47.4 Å². The molecule has 1 atom stereocenters. The van der Waals surface area contributed by atoms with E-state index in [2.05, 4.69) is 35.0 Å². The molecule has 2 aliphatic heterocycles. The second kappa shape index (κ2) is 6.64. The Bertz CT molecular complexity index is 817. The Balaban J connectivity index is 1.85. The van der Waals surface area contributed by atoms with Crippen molar-refractivity contribution in [2.24, 2.45) is 0 Å². The van der Waals surface area contributed by atoms with E-state index in [4.69, 9.17) is 16.6 Å². The molecule has 2 heterocycles. The number of hydrogen-bond acceptors (Lipinski definition) is 3. The predicted octanol–water partition coefficient (Wildman–Crippen LogP) is 4.08. The standard InChI is InChI=1S/C20H19N3O/c1-14-10-17(19(13-21)22-2)12-18(24-14)6-4-15-5-7-20-16(11-15)8-9-23(20)3/h4-7,11-12,14H,8-10H2,1,3H3. The lowest BCUT2D eigenvalue weighted by Crippen LogP contribution is -2.13. The van der Waals surface area contributed by atoms with Gasteiger partial charge in [0, 0.05) is 25.7 Å². The van der Waals surface area contributed by atoms with E-state index in [-0.39, 0.29) is 11.8 Å². The fraction of sp³-hybridized carbons (Fsp3) is 0.300. The highest BCUT2D eigenvalue weighted by Gasteiger charge is 2.18. The molecule has 1 aromatic rings. The molecule has 4 heteroatoms. The number of rotatable bonds is 2. The second-order valence-electron chi connectivity index (χ2n) is 6.17. The zero-order chi connectivity index (χ0) is 17.1. The third-order valence-corrected chi connectivity index (χ3v) is 4.35. The van der Waals surface area contributed by atoms with Crippen LogP contribution in [0.2, 0.25) is 0 Å². The molecule has 0 saturated heterocycles. The van der Waals surface area contributed by atoms with E-state index < -0.39 is 0 Å². The molecular formula is C20H19N3O. The van der Waals surface area contributed by atoms with Crippen molar-refractivity contribution < 1.29 is 4.74 Å². The first-order chi connectivity index (χ1) is 11.6. The maximum Gasteiger partial charge on any atom is 0.265 e. The second-order valence-corrected chi connectivity index (χ2v) is 6.17. The van der Waals surface area contributed by atoms with E-state index in [0.29, 0.717) is 12.2 Å². The molecular weight excluding hydrogens is 298 g/mol. The Kier molecular flexibility index (Phi) is 4.40. The Hall–Kier alpha value is -2.98. The van der Waals surface area contributed by atoms with Gasteiger partial charge in [-0.3, -0.25) is 0 Å². The van der Waals surface area contributed by atoms with Gasteiger partial charge in [0.05, 0.1) is 18.7 Å². The van der Waals surface area contributed by atoms with Crippen LogP contribution in [0, 0.1) is 17.9 Å². The zero-order valence-corrected chi connectivity index (χ0v) is 13.9. The van der Waals surface area contributed by atoms with Gasteiger partial charge < -0.3 is 9.64 Å². The van der Waals surface area contributed by atoms with Crippen LogP contribution >= 0.6 is 0 Å². The summed E-state index contributed by atoms with van der Waals surface area (Å²) in [7, 11) is 2.11. The van der Waals surface area contributed by atoms with Gasteiger partial charge >= 0.3 is 0 Å². The first-order valence-corrected chi connectivity index (χ1v) is 8.02. The third-order valence-electron chi connectivity index (χ3n) is 4.35. The van der Waals surface area contributed by atoms with Gasteiger partial charge in [-0.05, 0) is 54.3 Å². The van der Waals surface area contributed by atoms with Gasteiger partial charge in [0.15, 0.2) is 0 Å². The van der Waals surface area contributed by atoms with Crippen LogP contribution in [0.1, 0.15) is 24.5 Å². The summed E-state index contributed by atoms with van der Waals surface area (Å²) in [4.78, 5) is 5.57. The van der Waals surface area contributed by atoms with Crippen molar-refractivity contribution in [1.82, 2.24) is 0 Å². The van der Waals surface area contributed by atoms with Crippen LogP contribution in [0.5, 0.6) is 0 Å². The smallest absolute Gasteiger partial charge is 0.265 e. The van der Waals surface area contributed by atoms with Crippen LogP contribution in [0.3, 0.4) is 0 Å². The summed E-state index contributed by atoms with van der Waals surface area (Å²) in [5, 5.41) is 9.06. The predicted molar refractivity (Wildman–Crippen MR) is 94.9 cm³/mol. The van der Waals surface area contributed by atoms with Crippen LogP contribution < -0.4 is 4.90 Å². The average Bonchev–Trinajstić information content (AvgIpc) is 2.94. The molecule has 4 nitrogen and oxygen atoms in total. The number of benzene rings is 1. The Morgan fingerprint density at radius 2 is 2.29 bits per heavy atom. The van der Waals surface area contributed by atoms with Gasteiger partial charge in [0.25, 0.3) is 5.70 Å². The third kappa shape index (κ3) is 3.19. The highest BCUT2D eigenvalue weighted by molar-refractivity contribution is 5.64. The van der Waals surface area contributed by atoms with Crippen molar-refractivity contribution in [3.8, 4) is 6.07 Å². The van der Waals surface area contributed by atoms with Crippen LogP contribution in [-0.4, -0.2) is 19.7 Å². The Labute approximate surface area is 142 Å². The van der Waals surface area contributed by atoms with Crippen molar-refractivity contribution in [2.75, 3.05) is 18.5 Å². The van der Waals surface area contributed by atoms with Crippen molar-refractivity contribution in [3.05, 3.63) is 69.9 Å². The van der Waals surface area contributed by atoms with Gasteiger partial charge in [-0.15, -0.1) is 0 Å². The molecule has 120 valence electrons. The Morgan fingerprint density at radius 1 is 1.46 bits per heavy atom. The lowest BCUT2D eigenvalue weighted by Gasteiger charge is -2.22. The molecule has 0 aliphatic carbocycles. The summed E-state index contributed by atoms with van der Waals surface area (Å²) in [6.07, 6.45) is 7.36. The first kappa shape index (κ1) is 15.9. The fourth-order valence-electron chi connectivity index (χ4n) is 3.14. The number of hydrogen-bond donors (Lipinski definition) is 0. The molecule has 0 amide bonds. The number of likely N-dealkylation sites (N-methyl/N-ethyl adjacent to an activating group) is 1. The minimum Gasteiger partial charge on any atom is -0.490 e. The van der Waals surface area contributed by atoms with Crippen molar-refractivity contribution in [2.45, 2.75) is 25.9 Å². The van der Waals surface area contributed by atoms with E-state index in [1.165, 1.54) is 11.3 Å².